The standard InChI is InChI=1S/C17H34N2/c1-3-9-17(10-4-1)11-7-12-18-13-8-16-19-14-5-2-6-15-19/h17-18H,1-16H2. The van der Waals surface area contributed by atoms with Gasteiger partial charge in [-0.3, -0.25) is 0 Å². The summed E-state index contributed by atoms with van der Waals surface area (Å²) in [4.78, 5) is 2.65. The molecule has 1 heterocycles. The van der Waals surface area contributed by atoms with Crippen LogP contribution in [0.5, 0.6) is 0 Å². The van der Waals surface area contributed by atoms with E-state index in [1.807, 2.05) is 0 Å². The van der Waals surface area contributed by atoms with Gasteiger partial charge in [-0.1, -0.05) is 38.5 Å². The van der Waals surface area contributed by atoms with Crippen molar-refractivity contribution in [3.8, 4) is 0 Å². The number of rotatable bonds is 8. The molecular weight excluding hydrogens is 232 g/mol. The van der Waals surface area contributed by atoms with E-state index in [4.69, 9.17) is 0 Å². The number of nitrogens with one attached hydrogen (secondary N) is 1. The third kappa shape index (κ3) is 6.76. The van der Waals surface area contributed by atoms with Crippen molar-refractivity contribution in [3.63, 3.8) is 0 Å². The maximum atomic E-state index is 3.64. The Bertz CT molecular complexity index is 183. The zero-order chi connectivity index (χ0) is 13.2. The van der Waals surface area contributed by atoms with Crippen LogP contribution in [0.1, 0.15) is 70.6 Å². The van der Waals surface area contributed by atoms with Gasteiger partial charge in [0, 0.05) is 0 Å². The fraction of sp³-hybridized carbons (Fsp3) is 1.00. The van der Waals surface area contributed by atoms with Crippen LogP contribution in [-0.4, -0.2) is 37.6 Å². The van der Waals surface area contributed by atoms with Crippen molar-refractivity contribution in [2.45, 2.75) is 70.6 Å². The molecule has 0 aromatic carbocycles. The molecule has 0 spiro atoms. The van der Waals surface area contributed by atoms with Crippen molar-refractivity contribution in [2.75, 3.05) is 32.7 Å². The molecule has 1 aliphatic carbocycles. The largest absolute Gasteiger partial charge is 0.317 e. The smallest absolute Gasteiger partial charge is 0.000664 e. The number of nitrogens with zero attached hydrogens (tertiary/aromatic N) is 1. The number of hydrogen-bond acceptors (Lipinski definition) is 2. The van der Waals surface area contributed by atoms with Gasteiger partial charge in [0.05, 0.1) is 0 Å². The van der Waals surface area contributed by atoms with Crippen LogP contribution < -0.4 is 5.32 Å². The SMILES string of the molecule is C1CCC(CCCNCCCN2CCCCC2)CC1. The molecule has 1 saturated heterocycles. The molecule has 0 radical (unpaired) electrons. The van der Waals surface area contributed by atoms with Gasteiger partial charge >= 0.3 is 0 Å². The first-order valence-electron chi connectivity index (χ1n) is 8.88. The summed E-state index contributed by atoms with van der Waals surface area (Å²) >= 11 is 0. The third-order valence-corrected chi connectivity index (χ3v) is 4.97. The minimum atomic E-state index is 1.06. The fourth-order valence-corrected chi connectivity index (χ4v) is 3.73. The van der Waals surface area contributed by atoms with Gasteiger partial charge in [-0.25, -0.2) is 0 Å². The lowest BCUT2D eigenvalue weighted by Crippen LogP contribution is -2.32. The molecule has 112 valence electrons. The topological polar surface area (TPSA) is 15.3 Å². The summed E-state index contributed by atoms with van der Waals surface area (Å²) in [5, 5.41) is 3.64. The Morgan fingerprint density at radius 2 is 1.47 bits per heavy atom. The maximum absolute atomic E-state index is 3.64. The van der Waals surface area contributed by atoms with Crippen LogP contribution >= 0.6 is 0 Å². The van der Waals surface area contributed by atoms with Gasteiger partial charge in [-0.15, -0.1) is 0 Å². The average Bonchev–Trinajstić information content (AvgIpc) is 2.48. The van der Waals surface area contributed by atoms with Crippen LogP contribution in [-0.2, 0) is 0 Å². The number of likely N-dealkylation sites (tertiary alicyclic amines) is 1. The van der Waals surface area contributed by atoms with Crippen molar-refractivity contribution in [1.82, 2.24) is 10.2 Å². The zero-order valence-electron chi connectivity index (χ0n) is 12.8. The van der Waals surface area contributed by atoms with E-state index in [0.717, 1.165) is 5.92 Å². The molecule has 2 fully saturated rings. The molecule has 1 saturated carbocycles. The van der Waals surface area contributed by atoms with Crippen LogP contribution in [0.2, 0.25) is 0 Å². The molecule has 2 nitrogen and oxygen atoms in total. The normalized spacial score (nSPS) is 22.7. The molecule has 2 rings (SSSR count). The summed E-state index contributed by atoms with van der Waals surface area (Å²) in [7, 11) is 0. The lowest BCUT2D eigenvalue weighted by molar-refractivity contribution is 0.225. The highest BCUT2D eigenvalue weighted by atomic mass is 15.1. The number of hydrogen-bond donors (Lipinski definition) is 1. The summed E-state index contributed by atoms with van der Waals surface area (Å²) in [6.07, 6.45) is 16.0. The third-order valence-electron chi connectivity index (χ3n) is 4.97. The summed E-state index contributed by atoms with van der Waals surface area (Å²) in [5.74, 6) is 1.06. The van der Waals surface area contributed by atoms with Gasteiger partial charge in [0.2, 0.25) is 0 Å². The van der Waals surface area contributed by atoms with Gasteiger partial charge in [0.1, 0.15) is 0 Å². The number of piperidine rings is 1. The van der Waals surface area contributed by atoms with Crippen molar-refractivity contribution < 1.29 is 0 Å². The predicted octanol–water partition coefficient (Wildman–Crippen LogP) is 3.81. The van der Waals surface area contributed by atoms with Gasteiger partial charge in [0.25, 0.3) is 0 Å². The molecule has 0 aromatic rings. The quantitative estimate of drug-likeness (QED) is 0.672. The van der Waals surface area contributed by atoms with Crippen molar-refractivity contribution in [2.24, 2.45) is 5.92 Å². The molecule has 1 aliphatic heterocycles. The molecule has 1 N–H and O–H groups in total. The minimum absolute atomic E-state index is 1.06. The van der Waals surface area contributed by atoms with E-state index >= 15 is 0 Å². The molecule has 0 bridgehead atoms. The second kappa shape index (κ2) is 9.77. The molecule has 0 amide bonds. The summed E-state index contributed by atoms with van der Waals surface area (Å²) in [6, 6.07) is 0. The van der Waals surface area contributed by atoms with Crippen LogP contribution in [0.25, 0.3) is 0 Å². The van der Waals surface area contributed by atoms with E-state index in [1.54, 1.807) is 0 Å². The maximum Gasteiger partial charge on any atom is -0.000664 e. The highest BCUT2D eigenvalue weighted by Crippen LogP contribution is 2.26. The second-order valence-corrected chi connectivity index (χ2v) is 6.65. The zero-order valence-corrected chi connectivity index (χ0v) is 12.8. The Kier molecular flexibility index (Phi) is 7.87. The highest BCUT2D eigenvalue weighted by Gasteiger charge is 2.12. The second-order valence-electron chi connectivity index (χ2n) is 6.65. The van der Waals surface area contributed by atoms with Crippen molar-refractivity contribution in [1.29, 1.82) is 0 Å². The van der Waals surface area contributed by atoms with Crippen LogP contribution in [0.15, 0.2) is 0 Å². The average molecular weight is 266 g/mol. The Labute approximate surface area is 120 Å². The van der Waals surface area contributed by atoms with Crippen molar-refractivity contribution >= 4 is 0 Å². The molecular formula is C17H34N2. The van der Waals surface area contributed by atoms with Crippen molar-refractivity contribution in [3.05, 3.63) is 0 Å². The van der Waals surface area contributed by atoms with E-state index in [-0.39, 0.29) is 0 Å². The van der Waals surface area contributed by atoms with Crippen LogP contribution in [0.3, 0.4) is 0 Å². The van der Waals surface area contributed by atoms with Gasteiger partial charge in [0.15, 0.2) is 0 Å². The van der Waals surface area contributed by atoms with Gasteiger partial charge < -0.3 is 10.2 Å². The first-order valence-corrected chi connectivity index (χ1v) is 8.88. The molecule has 0 aromatic heterocycles. The monoisotopic (exact) mass is 266 g/mol. The van der Waals surface area contributed by atoms with E-state index < -0.39 is 0 Å². The Hall–Kier alpha value is -0.0800. The Morgan fingerprint density at radius 3 is 2.26 bits per heavy atom. The lowest BCUT2D eigenvalue weighted by Gasteiger charge is -2.26. The summed E-state index contributed by atoms with van der Waals surface area (Å²) in [6.45, 7) is 6.48. The first kappa shape index (κ1) is 15.3. The summed E-state index contributed by atoms with van der Waals surface area (Å²) in [5.41, 5.74) is 0. The molecule has 2 heteroatoms. The molecule has 0 unspecified atom stereocenters. The van der Waals surface area contributed by atoms with Gasteiger partial charge in [-0.05, 0) is 70.7 Å². The highest BCUT2D eigenvalue weighted by molar-refractivity contribution is 4.67. The van der Waals surface area contributed by atoms with E-state index in [0.29, 0.717) is 0 Å². The summed E-state index contributed by atoms with van der Waals surface area (Å²) < 4.78 is 0. The van der Waals surface area contributed by atoms with E-state index in [1.165, 1.54) is 103 Å². The van der Waals surface area contributed by atoms with E-state index in [2.05, 4.69) is 10.2 Å². The van der Waals surface area contributed by atoms with Crippen LogP contribution in [0, 0.1) is 5.92 Å². The molecule has 2 aliphatic rings. The fourth-order valence-electron chi connectivity index (χ4n) is 3.73. The first-order chi connectivity index (χ1) is 9.45. The lowest BCUT2D eigenvalue weighted by atomic mass is 9.86. The predicted molar refractivity (Wildman–Crippen MR) is 83.6 cm³/mol. The van der Waals surface area contributed by atoms with E-state index in [9.17, 15) is 0 Å². The molecule has 0 atom stereocenters. The molecule has 19 heavy (non-hydrogen) atoms. The minimum Gasteiger partial charge on any atom is -0.317 e. The Morgan fingerprint density at radius 1 is 0.789 bits per heavy atom. The van der Waals surface area contributed by atoms with Crippen LogP contribution in [0.4, 0.5) is 0 Å². The Balaban J connectivity index is 1.35. The van der Waals surface area contributed by atoms with Gasteiger partial charge in [-0.2, -0.15) is 0 Å².